The van der Waals surface area contributed by atoms with Crippen molar-refractivity contribution in [3.05, 3.63) is 33.4 Å². The molecule has 1 saturated carbocycles. The fourth-order valence-electron chi connectivity index (χ4n) is 3.18. The van der Waals surface area contributed by atoms with Gasteiger partial charge in [0.05, 0.1) is 5.60 Å². The molecule has 2 heteroatoms. The van der Waals surface area contributed by atoms with E-state index >= 15 is 0 Å². The second-order valence-corrected chi connectivity index (χ2v) is 8.41. The van der Waals surface area contributed by atoms with Gasteiger partial charge in [-0.15, -0.1) is 0 Å². The zero-order valence-electron chi connectivity index (χ0n) is 12.2. The topological polar surface area (TPSA) is 20.2 Å². The van der Waals surface area contributed by atoms with Gasteiger partial charge in [-0.3, -0.25) is 0 Å². The van der Waals surface area contributed by atoms with Crippen LogP contribution in [0, 0.1) is 14.9 Å². The first-order valence-electron chi connectivity index (χ1n) is 7.25. The summed E-state index contributed by atoms with van der Waals surface area (Å²) in [5, 5.41) is 10.8. The van der Waals surface area contributed by atoms with Gasteiger partial charge >= 0.3 is 0 Å². The normalized spacial score (nSPS) is 28.4. The molecule has 1 aliphatic rings. The van der Waals surface area contributed by atoms with Crippen LogP contribution in [-0.2, 0) is 6.42 Å². The second kappa shape index (κ2) is 5.72. The van der Waals surface area contributed by atoms with Gasteiger partial charge in [0.15, 0.2) is 0 Å². The van der Waals surface area contributed by atoms with E-state index in [2.05, 4.69) is 67.6 Å². The Kier molecular flexibility index (Phi) is 4.61. The van der Waals surface area contributed by atoms with E-state index in [1.54, 1.807) is 0 Å². The van der Waals surface area contributed by atoms with Crippen LogP contribution in [0.25, 0.3) is 0 Å². The van der Waals surface area contributed by atoms with Gasteiger partial charge in [-0.05, 0) is 77.3 Å². The van der Waals surface area contributed by atoms with E-state index < -0.39 is 5.60 Å². The fourth-order valence-corrected chi connectivity index (χ4v) is 3.54. The minimum Gasteiger partial charge on any atom is -0.390 e. The molecule has 1 nitrogen and oxygen atoms in total. The van der Waals surface area contributed by atoms with Crippen molar-refractivity contribution in [1.82, 2.24) is 0 Å². The fraction of sp³-hybridized carbons (Fsp3) is 0.647. The molecule has 0 spiro atoms. The van der Waals surface area contributed by atoms with Crippen LogP contribution in [-0.4, -0.2) is 10.7 Å². The van der Waals surface area contributed by atoms with Crippen molar-refractivity contribution in [2.75, 3.05) is 0 Å². The molecule has 1 N–H and O–H groups in total. The van der Waals surface area contributed by atoms with Crippen molar-refractivity contribution in [1.29, 1.82) is 0 Å². The van der Waals surface area contributed by atoms with Crippen LogP contribution in [0.5, 0.6) is 0 Å². The Morgan fingerprint density at radius 1 is 1.16 bits per heavy atom. The highest BCUT2D eigenvalue weighted by atomic mass is 127. The summed E-state index contributed by atoms with van der Waals surface area (Å²) in [6.45, 7) is 6.96. The summed E-state index contributed by atoms with van der Waals surface area (Å²) in [6, 6.07) is 8.55. The van der Waals surface area contributed by atoms with Gasteiger partial charge in [-0.25, -0.2) is 0 Å². The van der Waals surface area contributed by atoms with Crippen LogP contribution in [0.2, 0.25) is 0 Å². The second-order valence-electron chi connectivity index (χ2n) is 7.17. The van der Waals surface area contributed by atoms with E-state index in [1.807, 2.05) is 0 Å². The number of hydrogen-bond donors (Lipinski definition) is 1. The Hall–Kier alpha value is -0.0900. The van der Waals surface area contributed by atoms with Gasteiger partial charge in [0, 0.05) is 9.99 Å². The summed E-state index contributed by atoms with van der Waals surface area (Å²) >= 11 is 2.32. The van der Waals surface area contributed by atoms with Gasteiger partial charge in [0.2, 0.25) is 0 Å². The molecule has 0 bridgehead atoms. The Balaban J connectivity index is 1.96. The van der Waals surface area contributed by atoms with E-state index in [4.69, 9.17) is 0 Å². The zero-order valence-corrected chi connectivity index (χ0v) is 14.4. The molecule has 0 radical (unpaired) electrons. The summed E-state index contributed by atoms with van der Waals surface area (Å²) in [5.74, 6) is 0.754. The average Bonchev–Trinajstić information content (AvgIpc) is 2.31. The summed E-state index contributed by atoms with van der Waals surface area (Å²) in [5.41, 5.74) is 1.16. The van der Waals surface area contributed by atoms with E-state index in [1.165, 1.54) is 9.13 Å². The number of benzene rings is 1. The van der Waals surface area contributed by atoms with Crippen molar-refractivity contribution in [2.24, 2.45) is 11.3 Å². The van der Waals surface area contributed by atoms with Crippen molar-refractivity contribution in [3.63, 3.8) is 0 Å². The monoisotopic (exact) mass is 372 g/mol. The minimum atomic E-state index is -0.478. The van der Waals surface area contributed by atoms with Crippen molar-refractivity contribution in [2.45, 2.75) is 58.5 Å². The molecule has 0 saturated heterocycles. The first kappa shape index (κ1) is 15.3. The molecule has 0 aliphatic heterocycles. The predicted molar refractivity (Wildman–Crippen MR) is 89.2 cm³/mol. The molecule has 1 aromatic rings. The molecule has 0 aromatic heterocycles. The molecule has 0 unspecified atom stereocenters. The SMILES string of the molecule is CC(C)(C)C1CCC(O)(Cc2ccc(I)cc2)CC1. The molecule has 106 valence electrons. The van der Waals surface area contributed by atoms with E-state index in [-0.39, 0.29) is 0 Å². The molecule has 2 rings (SSSR count). The summed E-state index contributed by atoms with van der Waals surface area (Å²) in [6.07, 6.45) is 5.01. The number of aliphatic hydroxyl groups is 1. The van der Waals surface area contributed by atoms with Gasteiger partial charge in [-0.1, -0.05) is 32.9 Å². The largest absolute Gasteiger partial charge is 0.390 e. The highest BCUT2D eigenvalue weighted by Gasteiger charge is 2.37. The molecule has 0 heterocycles. The van der Waals surface area contributed by atoms with Gasteiger partial charge < -0.3 is 5.11 Å². The van der Waals surface area contributed by atoms with E-state index in [0.29, 0.717) is 5.41 Å². The maximum Gasteiger partial charge on any atom is 0.0688 e. The van der Waals surface area contributed by atoms with Gasteiger partial charge in [0.1, 0.15) is 0 Å². The lowest BCUT2D eigenvalue weighted by Gasteiger charge is -2.41. The van der Waals surface area contributed by atoms with E-state index in [0.717, 1.165) is 38.0 Å². The van der Waals surface area contributed by atoms with Crippen molar-refractivity contribution < 1.29 is 5.11 Å². The lowest BCUT2D eigenvalue weighted by molar-refractivity contribution is -0.0245. The van der Waals surface area contributed by atoms with Gasteiger partial charge in [-0.2, -0.15) is 0 Å². The highest BCUT2D eigenvalue weighted by Crippen LogP contribution is 2.42. The number of hydrogen-bond acceptors (Lipinski definition) is 1. The third-order valence-corrected chi connectivity index (χ3v) is 5.31. The van der Waals surface area contributed by atoms with Crippen LogP contribution in [0.1, 0.15) is 52.0 Å². The third-order valence-electron chi connectivity index (χ3n) is 4.59. The number of halogens is 1. The third kappa shape index (κ3) is 4.19. The summed E-state index contributed by atoms with van der Waals surface area (Å²) in [4.78, 5) is 0. The molecule has 1 aliphatic carbocycles. The van der Waals surface area contributed by atoms with E-state index in [9.17, 15) is 5.11 Å². The predicted octanol–water partition coefficient (Wildman–Crippen LogP) is 4.80. The standard InChI is InChI=1S/C17H25IO/c1-16(2,3)14-8-10-17(19,11-9-14)12-13-4-6-15(18)7-5-13/h4-7,14,19H,8-12H2,1-3H3. The van der Waals surface area contributed by atoms with Crippen molar-refractivity contribution >= 4 is 22.6 Å². The lowest BCUT2D eigenvalue weighted by Crippen LogP contribution is -2.39. The average molecular weight is 372 g/mol. The Morgan fingerprint density at radius 2 is 1.68 bits per heavy atom. The summed E-state index contributed by atoms with van der Waals surface area (Å²) in [7, 11) is 0. The molecule has 0 atom stereocenters. The van der Waals surface area contributed by atoms with Crippen molar-refractivity contribution in [3.8, 4) is 0 Å². The Morgan fingerprint density at radius 3 is 2.16 bits per heavy atom. The van der Waals surface area contributed by atoms with Crippen LogP contribution in [0.3, 0.4) is 0 Å². The molecular weight excluding hydrogens is 347 g/mol. The minimum absolute atomic E-state index is 0.379. The van der Waals surface area contributed by atoms with Crippen LogP contribution in [0.15, 0.2) is 24.3 Å². The maximum absolute atomic E-state index is 10.8. The van der Waals surface area contributed by atoms with Crippen LogP contribution >= 0.6 is 22.6 Å². The zero-order chi connectivity index (χ0) is 14.1. The maximum atomic E-state index is 10.8. The molecular formula is C17H25IO. The highest BCUT2D eigenvalue weighted by molar-refractivity contribution is 14.1. The molecule has 1 fully saturated rings. The van der Waals surface area contributed by atoms with Crippen LogP contribution < -0.4 is 0 Å². The summed E-state index contributed by atoms with van der Waals surface area (Å²) < 4.78 is 1.25. The Labute approximate surface area is 130 Å². The quantitative estimate of drug-likeness (QED) is 0.740. The van der Waals surface area contributed by atoms with Crippen LogP contribution in [0.4, 0.5) is 0 Å². The first-order valence-corrected chi connectivity index (χ1v) is 8.33. The molecule has 1 aromatic carbocycles. The molecule has 19 heavy (non-hydrogen) atoms. The number of rotatable bonds is 2. The van der Waals surface area contributed by atoms with Gasteiger partial charge in [0.25, 0.3) is 0 Å². The Bertz CT molecular complexity index is 408. The lowest BCUT2D eigenvalue weighted by atomic mass is 9.67. The molecule has 0 amide bonds. The smallest absolute Gasteiger partial charge is 0.0688 e. The first-order chi connectivity index (χ1) is 8.78.